The van der Waals surface area contributed by atoms with Gasteiger partial charge in [-0.1, -0.05) is 24.3 Å². The van der Waals surface area contributed by atoms with Crippen LogP contribution < -0.4 is 14.8 Å². The molecular weight excluding hydrogens is 437 g/mol. The lowest BCUT2D eigenvalue weighted by molar-refractivity contribution is -0.153. The monoisotopic (exact) mass is 464 g/mol. The summed E-state index contributed by atoms with van der Waals surface area (Å²) in [5, 5.41) is 2.89. The minimum atomic E-state index is -4.44. The van der Waals surface area contributed by atoms with Gasteiger partial charge in [-0.2, -0.15) is 13.2 Å². The number of hydrogen-bond acceptors (Lipinski definition) is 4. The van der Waals surface area contributed by atoms with Gasteiger partial charge in [-0.3, -0.25) is 9.59 Å². The van der Waals surface area contributed by atoms with Crippen LogP contribution in [0.1, 0.15) is 24.8 Å². The summed E-state index contributed by atoms with van der Waals surface area (Å²) in [6.45, 7) is -0.443. The summed E-state index contributed by atoms with van der Waals surface area (Å²) >= 11 is 0. The first-order chi connectivity index (χ1) is 15.7. The highest BCUT2D eigenvalue weighted by molar-refractivity contribution is 5.93. The second-order valence-corrected chi connectivity index (χ2v) is 7.92. The zero-order chi connectivity index (χ0) is 23.8. The molecule has 1 saturated heterocycles. The number of alkyl halides is 3. The zero-order valence-corrected chi connectivity index (χ0v) is 18.4. The van der Waals surface area contributed by atoms with Crippen molar-refractivity contribution in [3.8, 4) is 11.5 Å². The Bertz CT molecular complexity index is 950. The van der Waals surface area contributed by atoms with Gasteiger partial charge in [-0.25, -0.2) is 0 Å². The Labute approximate surface area is 190 Å². The molecule has 1 atom stereocenters. The molecule has 33 heavy (non-hydrogen) atoms. The lowest BCUT2D eigenvalue weighted by atomic mass is 9.96. The Morgan fingerprint density at radius 3 is 2.58 bits per heavy atom. The number of ether oxygens (including phenoxy) is 2. The van der Waals surface area contributed by atoms with Crippen molar-refractivity contribution in [1.82, 2.24) is 4.90 Å². The number of para-hydroxylation sites is 1. The second kappa shape index (κ2) is 11.1. The minimum absolute atomic E-state index is 0.00629. The molecule has 6 nitrogen and oxygen atoms in total. The van der Waals surface area contributed by atoms with E-state index in [9.17, 15) is 22.8 Å². The average Bonchev–Trinajstić information content (AvgIpc) is 2.81. The number of benzene rings is 2. The highest BCUT2D eigenvalue weighted by Gasteiger charge is 2.30. The summed E-state index contributed by atoms with van der Waals surface area (Å²) in [4.78, 5) is 27.0. The predicted octanol–water partition coefficient (Wildman–Crippen LogP) is 4.45. The van der Waals surface area contributed by atoms with Gasteiger partial charge in [-0.05, 0) is 49.1 Å². The largest absolute Gasteiger partial charge is 0.493 e. The summed E-state index contributed by atoms with van der Waals surface area (Å²) in [6, 6.07) is 13.8. The second-order valence-electron chi connectivity index (χ2n) is 7.92. The van der Waals surface area contributed by atoms with Gasteiger partial charge in [0.25, 0.3) is 0 Å². The number of methoxy groups -OCH3 is 1. The summed E-state index contributed by atoms with van der Waals surface area (Å²) < 4.78 is 47.1. The van der Waals surface area contributed by atoms with Crippen LogP contribution in [0.3, 0.4) is 0 Å². The van der Waals surface area contributed by atoms with Crippen molar-refractivity contribution in [2.75, 3.05) is 32.1 Å². The smallest absolute Gasteiger partial charge is 0.422 e. The van der Waals surface area contributed by atoms with Gasteiger partial charge < -0.3 is 19.7 Å². The molecule has 1 aliphatic heterocycles. The van der Waals surface area contributed by atoms with Crippen molar-refractivity contribution in [2.24, 2.45) is 5.92 Å². The molecule has 178 valence electrons. The van der Waals surface area contributed by atoms with E-state index in [4.69, 9.17) is 9.47 Å². The number of likely N-dealkylation sites (tertiary alicyclic amines) is 1. The van der Waals surface area contributed by atoms with Gasteiger partial charge in [0.1, 0.15) is 0 Å². The van der Waals surface area contributed by atoms with E-state index in [1.165, 1.54) is 13.2 Å². The Morgan fingerprint density at radius 1 is 1.12 bits per heavy atom. The maximum absolute atomic E-state index is 12.7. The maximum Gasteiger partial charge on any atom is 0.422 e. The highest BCUT2D eigenvalue weighted by Crippen LogP contribution is 2.30. The van der Waals surface area contributed by atoms with Crippen LogP contribution >= 0.6 is 0 Å². The topological polar surface area (TPSA) is 67.9 Å². The molecule has 0 aromatic heterocycles. The number of hydrogen-bond donors (Lipinski definition) is 1. The molecular formula is C24H27F3N2O4. The molecule has 2 amide bonds. The van der Waals surface area contributed by atoms with Crippen LogP contribution in [0.2, 0.25) is 0 Å². The van der Waals surface area contributed by atoms with Crippen molar-refractivity contribution in [3.05, 3.63) is 54.1 Å². The van der Waals surface area contributed by atoms with Crippen molar-refractivity contribution < 1.29 is 32.2 Å². The first-order valence-corrected chi connectivity index (χ1v) is 10.8. The van der Waals surface area contributed by atoms with Gasteiger partial charge in [-0.15, -0.1) is 0 Å². The number of nitrogens with one attached hydrogen (secondary N) is 1. The number of piperidine rings is 1. The lowest BCUT2D eigenvalue weighted by Crippen LogP contribution is -2.43. The molecule has 1 N–H and O–H groups in total. The Balaban J connectivity index is 1.53. The average molecular weight is 464 g/mol. The Kier molecular flexibility index (Phi) is 8.19. The van der Waals surface area contributed by atoms with Gasteiger partial charge >= 0.3 is 6.18 Å². The summed E-state index contributed by atoms with van der Waals surface area (Å²) in [5.74, 6) is -0.262. The van der Waals surface area contributed by atoms with Gasteiger partial charge in [0.15, 0.2) is 18.1 Å². The molecule has 3 rings (SSSR count). The third kappa shape index (κ3) is 7.40. The van der Waals surface area contributed by atoms with E-state index in [1.807, 2.05) is 30.3 Å². The first-order valence-electron chi connectivity index (χ1n) is 10.8. The van der Waals surface area contributed by atoms with Gasteiger partial charge in [0.05, 0.1) is 13.0 Å². The predicted molar refractivity (Wildman–Crippen MR) is 117 cm³/mol. The number of rotatable bonds is 8. The third-order valence-corrected chi connectivity index (χ3v) is 5.43. The molecule has 2 aromatic carbocycles. The molecule has 1 heterocycles. The van der Waals surface area contributed by atoms with Crippen LogP contribution in [0.4, 0.5) is 18.9 Å². The van der Waals surface area contributed by atoms with E-state index in [2.05, 4.69) is 5.32 Å². The molecule has 0 aliphatic carbocycles. The summed E-state index contributed by atoms with van der Waals surface area (Å²) in [7, 11) is 1.35. The molecule has 0 radical (unpaired) electrons. The van der Waals surface area contributed by atoms with Crippen LogP contribution in [0.15, 0.2) is 48.5 Å². The third-order valence-electron chi connectivity index (χ3n) is 5.43. The molecule has 1 aliphatic rings. The van der Waals surface area contributed by atoms with Crippen LogP contribution in [0.5, 0.6) is 11.5 Å². The Hall–Kier alpha value is -3.23. The van der Waals surface area contributed by atoms with E-state index in [0.717, 1.165) is 24.1 Å². The molecule has 9 heteroatoms. The van der Waals surface area contributed by atoms with Gasteiger partial charge in [0, 0.05) is 25.2 Å². The molecule has 1 fully saturated rings. The Morgan fingerprint density at radius 2 is 1.88 bits per heavy atom. The van der Waals surface area contributed by atoms with Crippen molar-refractivity contribution in [2.45, 2.75) is 31.9 Å². The zero-order valence-electron chi connectivity index (χ0n) is 18.4. The fourth-order valence-corrected chi connectivity index (χ4v) is 3.74. The number of nitrogens with zero attached hydrogens (tertiary/aromatic N) is 1. The number of halogens is 3. The van der Waals surface area contributed by atoms with Crippen molar-refractivity contribution >= 4 is 17.5 Å². The summed E-state index contributed by atoms with van der Waals surface area (Å²) in [5.41, 5.74) is 1.47. The highest BCUT2D eigenvalue weighted by atomic mass is 19.4. The van der Waals surface area contributed by atoms with E-state index >= 15 is 0 Å². The summed E-state index contributed by atoms with van der Waals surface area (Å²) in [6.07, 6.45) is -2.36. The number of carbonyl (C=O) groups is 2. The maximum atomic E-state index is 12.7. The van der Waals surface area contributed by atoms with E-state index in [1.54, 1.807) is 17.0 Å². The number of aryl methyl sites for hydroxylation is 1. The van der Waals surface area contributed by atoms with Gasteiger partial charge in [0.2, 0.25) is 11.8 Å². The lowest BCUT2D eigenvalue weighted by Gasteiger charge is -2.32. The number of anilines is 1. The fraction of sp³-hybridized carbons (Fsp3) is 0.417. The molecule has 0 saturated carbocycles. The number of amides is 2. The van der Waals surface area contributed by atoms with Crippen LogP contribution in [0, 0.1) is 5.92 Å². The SMILES string of the molecule is COc1cc(CCC(=O)N2CCCC(C(=O)Nc3ccccc3)C2)ccc1OCC(F)(F)F. The van der Waals surface area contributed by atoms with E-state index in [0.29, 0.717) is 19.5 Å². The molecule has 2 aromatic rings. The standard InChI is InChI=1S/C24H27F3N2O4/c1-32-21-14-17(9-11-20(21)33-16-24(25,26)27)10-12-22(30)29-13-5-6-18(15-29)23(31)28-19-7-3-2-4-8-19/h2-4,7-9,11,14,18H,5-6,10,12-13,15-16H2,1H3,(H,28,31). The van der Waals surface area contributed by atoms with Crippen LogP contribution in [-0.2, 0) is 16.0 Å². The number of carbonyl (C=O) groups excluding carboxylic acids is 2. The first kappa shape index (κ1) is 24.4. The molecule has 1 unspecified atom stereocenters. The fourth-order valence-electron chi connectivity index (χ4n) is 3.74. The van der Waals surface area contributed by atoms with Crippen LogP contribution in [0.25, 0.3) is 0 Å². The quantitative estimate of drug-likeness (QED) is 0.627. The van der Waals surface area contributed by atoms with Crippen molar-refractivity contribution in [1.29, 1.82) is 0 Å². The van der Waals surface area contributed by atoms with Crippen molar-refractivity contribution in [3.63, 3.8) is 0 Å². The van der Waals surface area contributed by atoms with Crippen LogP contribution in [-0.4, -0.2) is 49.7 Å². The molecule has 0 bridgehead atoms. The normalized spacial score (nSPS) is 16.2. The molecule has 0 spiro atoms. The van der Waals surface area contributed by atoms with E-state index < -0.39 is 12.8 Å². The minimum Gasteiger partial charge on any atom is -0.493 e. The van der Waals surface area contributed by atoms with E-state index in [-0.39, 0.29) is 35.7 Å².